The van der Waals surface area contributed by atoms with E-state index >= 15 is 0 Å². The van der Waals surface area contributed by atoms with E-state index in [1.165, 1.54) is 12.5 Å². The van der Waals surface area contributed by atoms with Crippen LogP contribution in [0.1, 0.15) is 30.4 Å². The second-order valence-corrected chi connectivity index (χ2v) is 5.06. The predicted molar refractivity (Wildman–Crippen MR) is 69.0 cm³/mol. The van der Waals surface area contributed by atoms with Crippen LogP contribution in [0.4, 0.5) is 18.0 Å². The molecule has 2 rings (SSSR count). The molecule has 1 aromatic carbocycles. The highest BCUT2D eigenvalue weighted by molar-refractivity contribution is 5.73. The molecule has 0 atom stereocenters. The molecule has 2 N–H and O–H groups in total. The Morgan fingerprint density at radius 2 is 2.00 bits per heavy atom. The summed E-state index contributed by atoms with van der Waals surface area (Å²) in [6.07, 6.45) is -0.886. The third-order valence-corrected chi connectivity index (χ3v) is 3.48. The van der Waals surface area contributed by atoms with Crippen LogP contribution in [0.5, 0.6) is 0 Å². The third kappa shape index (κ3) is 4.15. The molecule has 1 fully saturated rings. The maximum atomic E-state index is 12.5. The summed E-state index contributed by atoms with van der Waals surface area (Å²) in [5, 5.41) is 5.29. The molecule has 3 nitrogen and oxygen atoms in total. The first-order valence-electron chi connectivity index (χ1n) is 6.63. The highest BCUT2D eigenvalue weighted by Crippen LogP contribution is 2.29. The van der Waals surface area contributed by atoms with Crippen molar-refractivity contribution in [2.24, 2.45) is 5.92 Å². The number of hydrogen-bond donors (Lipinski definition) is 2. The van der Waals surface area contributed by atoms with E-state index in [1.807, 2.05) is 0 Å². The lowest BCUT2D eigenvalue weighted by molar-refractivity contribution is -0.137. The van der Waals surface area contributed by atoms with Gasteiger partial charge in [0.2, 0.25) is 0 Å². The van der Waals surface area contributed by atoms with Gasteiger partial charge in [0.05, 0.1) is 5.56 Å². The van der Waals surface area contributed by atoms with Crippen LogP contribution in [-0.2, 0) is 12.7 Å². The fraction of sp³-hybridized carbons (Fsp3) is 0.500. The van der Waals surface area contributed by atoms with E-state index in [-0.39, 0.29) is 12.6 Å². The quantitative estimate of drug-likeness (QED) is 0.876. The van der Waals surface area contributed by atoms with Gasteiger partial charge in [0, 0.05) is 13.1 Å². The summed E-state index contributed by atoms with van der Waals surface area (Å²) >= 11 is 0. The monoisotopic (exact) mass is 286 g/mol. The van der Waals surface area contributed by atoms with Crippen molar-refractivity contribution >= 4 is 6.03 Å². The molecule has 6 heteroatoms. The van der Waals surface area contributed by atoms with Gasteiger partial charge in [-0.3, -0.25) is 0 Å². The molecule has 0 heterocycles. The van der Waals surface area contributed by atoms with Gasteiger partial charge in [0.15, 0.2) is 0 Å². The van der Waals surface area contributed by atoms with Crippen molar-refractivity contribution in [3.63, 3.8) is 0 Å². The number of carbonyl (C=O) groups excluding carboxylic acids is 1. The van der Waals surface area contributed by atoms with Crippen molar-refractivity contribution in [1.82, 2.24) is 10.6 Å². The molecule has 110 valence electrons. The van der Waals surface area contributed by atoms with Gasteiger partial charge < -0.3 is 10.6 Å². The van der Waals surface area contributed by atoms with Crippen molar-refractivity contribution in [2.75, 3.05) is 6.54 Å². The molecule has 1 aromatic rings. The Kier molecular flexibility index (Phi) is 4.52. The predicted octanol–water partition coefficient (Wildman–Crippen LogP) is 3.30. The van der Waals surface area contributed by atoms with Gasteiger partial charge >= 0.3 is 12.2 Å². The first kappa shape index (κ1) is 14.7. The highest BCUT2D eigenvalue weighted by atomic mass is 19.4. The van der Waals surface area contributed by atoms with E-state index in [0.717, 1.165) is 25.0 Å². The van der Waals surface area contributed by atoms with Gasteiger partial charge in [0.25, 0.3) is 0 Å². The number of rotatable bonds is 4. The molecule has 0 bridgehead atoms. The minimum absolute atomic E-state index is 0.0837. The van der Waals surface area contributed by atoms with Crippen LogP contribution in [0, 0.1) is 5.92 Å². The van der Waals surface area contributed by atoms with Gasteiger partial charge in [-0.2, -0.15) is 13.2 Å². The average molecular weight is 286 g/mol. The number of alkyl halides is 3. The largest absolute Gasteiger partial charge is 0.416 e. The summed E-state index contributed by atoms with van der Waals surface area (Å²) < 4.78 is 37.6. The third-order valence-electron chi connectivity index (χ3n) is 3.48. The number of halogens is 3. The van der Waals surface area contributed by atoms with Crippen molar-refractivity contribution in [1.29, 1.82) is 0 Å². The van der Waals surface area contributed by atoms with Crippen LogP contribution in [0.15, 0.2) is 24.3 Å². The first-order valence-corrected chi connectivity index (χ1v) is 6.63. The van der Waals surface area contributed by atoms with Crippen LogP contribution >= 0.6 is 0 Å². The van der Waals surface area contributed by atoms with Crippen LogP contribution < -0.4 is 10.6 Å². The van der Waals surface area contributed by atoms with Crippen LogP contribution in [0.2, 0.25) is 0 Å². The van der Waals surface area contributed by atoms with Crippen molar-refractivity contribution in [3.8, 4) is 0 Å². The summed E-state index contributed by atoms with van der Waals surface area (Å²) in [4.78, 5) is 11.5. The summed E-state index contributed by atoms with van der Waals surface area (Å²) in [5.74, 6) is 0.550. The van der Waals surface area contributed by atoms with Crippen LogP contribution in [0.25, 0.3) is 0 Å². The van der Waals surface area contributed by atoms with Crippen molar-refractivity contribution in [3.05, 3.63) is 35.4 Å². The summed E-state index contributed by atoms with van der Waals surface area (Å²) in [6, 6.07) is 4.62. The molecule has 0 unspecified atom stereocenters. The Morgan fingerprint density at radius 1 is 1.25 bits per heavy atom. The maximum Gasteiger partial charge on any atom is 0.416 e. The molecule has 20 heavy (non-hydrogen) atoms. The Morgan fingerprint density at radius 3 is 2.60 bits per heavy atom. The highest BCUT2D eigenvalue weighted by Gasteiger charge is 2.30. The molecule has 1 saturated carbocycles. The maximum absolute atomic E-state index is 12.5. The smallest absolute Gasteiger partial charge is 0.338 e. The Labute approximate surface area is 115 Å². The summed E-state index contributed by atoms with van der Waals surface area (Å²) in [5.41, 5.74) is -0.273. The number of hydrogen-bond acceptors (Lipinski definition) is 1. The second kappa shape index (κ2) is 6.15. The van der Waals surface area contributed by atoms with E-state index in [1.54, 1.807) is 6.07 Å². The lowest BCUT2D eigenvalue weighted by atomic mass is 9.85. The van der Waals surface area contributed by atoms with E-state index in [9.17, 15) is 18.0 Å². The Hall–Kier alpha value is -1.72. The van der Waals surface area contributed by atoms with Gasteiger partial charge in [0.1, 0.15) is 0 Å². The molecule has 0 radical (unpaired) electrons. The zero-order valence-corrected chi connectivity index (χ0v) is 11.0. The van der Waals surface area contributed by atoms with Gasteiger partial charge in [-0.05, 0) is 36.5 Å². The number of carbonyl (C=O) groups is 1. The Balaban J connectivity index is 1.79. The number of amides is 2. The molecular weight excluding hydrogens is 269 g/mol. The van der Waals surface area contributed by atoms with E-state index in [0.29, 0.717) is 18.0 Å². The SMILES string of the molecule is O=C(NCc1cccc(C(F)(F)F)c1)NCC1CCC1. The molecule has 1 aliphatic carbocycles. The minimum atomic E-state index is -4.36. The van der Waals surface area contributed by atoms with Gasteiger partial charge in [-0.15, -0.1) is 0 Å². The van der Waals surface area contributed by atoms with E-state index < -0.39 is 11.7 Å². The molecule has 0 spiro atoms. The molecule has 0 saturated heterocycles. The lowest BCUT2D eigenvalue weighted by Crippen LogP contribution is -2.39. The van der Waals surface area contributed by atoms with Gasteiger partial charge in [-0.25, -0.2) is 4.79 Å². The standard InChI is InChI=1S/C14H17F3N2O/c15-14(16,17)12-6-2-5-11(7-12)9-19-13(20)18-8-10-3-1-4-10/h2,5-7,10H,1,3-4,8-9H2,(H2,18,19,20). The molecule has 2 amide bonds. The molecule has 1 aliphatic rings. The number of benzene rings is 1. The van der Waals surface area contributed by atoms with E-state index in [4.69, 9.17) is 0 Å². The fourth-order valence-corrected chi connectivity index (χ4v) is 2.04. The second-order valence-electron chi connectivity index (χ2n) is 5.06. The van der Waals surface area contributed by atoms with Crippen LogP contribution in [-0.4, -0.2) is 12.6 Å². The van der Waals surface area contributed by atoms with Crippen molar-refractivity contribution in [2.45, 2.75) is 32.0 Å². The van der Waals surface area contributed by atoms with Crippen molar-refractivity contribution < 1.29 is 18.0 Å². The number of nitrogens with one attached hydrogen (secondary N) is 2. The average Bonchev–Trinajstić information content (AvgIpc) is 2.34. The normalized spacial score (nSPS) is 15.6. The zero-order valence-electron chi connectivity index (χ0n) is 11.0. The summed E-state index contributed by atoms with van der Waals surface area (Å²) in [7, 11) is 0. The molecular formula is C14H17F3N2O. The molecule has 0 aliphatic heterocycles. The summed E-state index contributed by atoms with van der Waals surface area (Å²) in [6.45, 7) is 0.717. The van der Waals surface area contributed by atoms with Crippen LogP contribution in [0.3, 0.4) is 0 Å². The fourth-order valence-electron chi connectivity index (χ4n) is 2.04. The topological polar surface area (TPSA) is 41.1 Å². The number of urea groups is 1. The van der Waals surface area contributed by atoms with E-state index in [2.05, 4.69) is 10.6 Å². The van der Waals surface area contributed by atoms with Gasteiger partial charge in [-0.1, -0.05) is 18.6 Å². The lowest BCUT2D eigenvalue weighted by Gasteiger charge is -2.25. The zero-order chi connectivity index (χ0) is 14.6. The molecule has 0 aromatic heterocycles. The first-order chi connectivity index (χ1) is 9.45. The minimum Gasteiger partial charge on any atom is -0.338 e. The Bertz CT molecular complexity index is 470.